The summed E-state index contributed by atoms with van der Waals surface area (Å²) in [6, 6.07) is 7.52. The second-order valence-corrected chi connectivity index (χ2v) is 5.12. The van der Waals surface area contributed by atoms with Gasteiger partial charge in [0.1, 0.15) is 11.4 Å². The molecule has 0 aliphatic heterocycles. The molecule has 1 rings (SSSR count). The van der Waals surface area contributed by atoms with E-state index in [1.807, 2.05) is 45.0 Å². The molecule has 0 amide bonds. The Bertz CT molecular complexity index is 487. The van der Waals surface area contributed by atoms with Gasteiger partial charge in [-0.25, -0.2) is 0 Å². The van der Waals surface area contributed by atoms with E-state index in [4.69, 9.17) is 9.47 Å². The van der Waals surface area contributed by atoms with Crippen molar-refractivity contribution in [2.45, 2.75) is 39.2 Å². The number of methoxy groups -OCH3 is 1. The van der Waals surface area contributed by atoms with E-state index in [9.17, 15) is 4.79 Å². The lowest BCUT2D eigenvalue weighted by Crippen LogP contribution is -2.23. The maximum absolute atomic E-state index is 11.5. The van der Waals surface area contributed by atoms with Crippen LogP contribution in [0.1, 0.15) is 39.2 Å². The third-order valence-corrected chi connectivity index (χ3v) is 2.18. The van der Waals surface area contributed by atoms with Gasteiger partial charge in [-0.15, -0.1) is 0 Å². The van der Waals surface area contributed by atoms with Crippen molar-refractivity contribution in [3.63, 3.8) is 0 Å². The van der Waals surface area contributed by atoms with Crippen LogP contribution in [0.2, 0.25) is 0 Å². The van der Waals surface area contributed by atoms with Crippen molar-refractivity contribution in [2.75, 3.05) is 7.11 Å². The molecule has 0 spiro atoms. The van der Waals surface area contributed by atoms with Crippen LogP contribution < -0.4 is 4.74 Å². The minimum Gasteiger partial charge on any atom is -0.497 e. The molecule has 0 N–H and O–H groups in total. The number of benzene rings is 1. The third kappa shape index (κ3) is 6.52. The number of carbonyl (C=O) groups is 1. The summed E-state index contributed by atoms with van der Waals surface area (Å²) in [5, 5.41) is 0. The van der Waals surface area contributed by atoms with Crippen LogP contribution in [0.5, 0.6) is 5.75 Å². The smallest absolute Gasteiger partial charge is 0.307 e. The van der Waals surface area contributed by atoms with Crippen LogP contribution >= 0.6 is 0 Å². The van der Waals surface area contributed by atoms with E-state index < -0.39 is 5.60 Å². The van der Waals surface area contributed by atoms with E-state index in [1.54, 1.807) is 7.11 Å². The van der Waals surface area contributed by atoms with Gasteiger partial charge in [0.25, 0.3) is 0 Å². The second kappa shape index (κ2) is 6.84. The van der Waals surface area contributed by atoms with Gasteiger partial charge in [-0.3, -0.25) is 4.79 Å². The summed E-state index contributed by atoms with van der Waals surface area (Å²) in [7, 11) is 1.62. The lowest BCUT2D eigenvalue weighted by molar-refractivity contribution is -0.154. The van der Waals surface area contributed by atoms with Crippen LogP contribution in [-0.2, 0) is 9.53 Å². The highest BCUT2D eigenvalue weighted by Crippen LogP contribution is 2.11. The molecule has 0 heterocycles. The van der Waals surface area contributed by atoms with Gasteiger partial charge in [0.15, 0.2) is 0 Å². The summed E-state index contributed by atoms with van der Waals surface area (Å²) in [6.45, 7) is 5.56. The first-order chi connectivity index (χ1) is 8.90. The van der Waals surface area contributed by atoms with Crippen molar-refractivity contribution in [3.8, 4) is 17.6 Å². The number of carbonyl (C=O) groups excluding carboxylic acids is 1. The Kier molecular flexibility index (Phi) is 5.44. The molecule has 0 fully saturated rings. The molecule has 3 heteroatoms. The second-order valence-electron chi connectivity index (χ2n) is 5.12. The van der Waals surface area contributed by atoms with Crippen LogP contribution in [0.15, 0.2) is 24.3 Å². The molecule has 0 aromatic heterocycles. The Morgan fingerprint density at radius 2 is 2.05 bits per heavy atom. The molecule has 102 valence electrons. The Morgan fingerprint density at radius 3 is 2.68 bits per heavy atom. The van der Waals surface area contributed by atoms with Gasteiger partial charge in [-0.2, -0.15) is 0 Å². The van der Waals surface area contributed by atoms with E-state index in [-0.39, 0.29) is 5.97 Å². The minimum atomic E-state index is -0.433. The average Bonchev–Trinajstić information content (AvgIpc) is 2.33. The van der Waals surface area contributed by atoms with Gasteiger partial charge in [0.05, 0.1) is 13.5 Å². The van der Waals surface area contributed by atoms with Crippen molar-refractivity contribution in [1.29, 1.82) is 0 Å². The molecule has 0 unspecified atom stereocenters. The quantitative estimate of drug-likeness (QED) is 0.618. The molecule has 0 radical (unpaired) electrons. The molecule has 1 aromatic carbocycles. The molecule has 3 nitrogen and oxygen atoms in total. The topological polar surface area (TPSA) is 35.5 Å². The van der Waals surface area contributed by atoms with Crippen LogP contribution in [-0.4, -0.2) is 18.7 Å². The highest BCUT2D eigenvalue weighted by Gasteiger charge is 2.15. The van der Waals surface area contributed by atoms with E-state index in [0.717, 1.165) is 11.3 Å². The summed E-state index contributed by atoms with van der Waals surface area (Å²) >= 11 is 0. The zero-order chi connectivity index (χ0) is 14.3. The largest absolute Gasteiger partial charge is 0.497 e. The minimum absolute atomic E-state index is 0.215. The molecule has 0 aliphatic rings. The summed E-state index contributed by atoms with van der Waals surface area (Å²) in [4.78, 5) is 11.5. The summed E-state index contributed by atoms with van der Waals surface area (Å²) < 4.78 is 10.3. The van der Waals surface area contributed by atoms with E-state index in [2.05, 4.69) is 11.8 Å². The lowest BCUT2D eigenvalue weighted by Gasteiger charge is -2.18. The molecule has 0 aliphatic carbocycles. The van der Waals surface area contributed by atoms with Crippen LogP contribution in [0, 0.1) is 11.8 Å². The molecule has 0 bridgehead atoms. The molecular formula is C16H20O3. The number of ether oxygens (including phenoxy) is 2. The molecule has 19 heavy (non-hydrogen) atoms. The van der Waals surface area contributed by atoms with Crippen molar-refractivity contribution in [1.82, 2.24) is 0 Å². The van der Waals surface area contributed by atoms with Gasteiger partial charge in [0, 0.05) is 12.0 Å². The number of rotatable bonds is 3. The van der Waals surface area contributed by atoms with Gasteiger partial charge in [0.2, 0.25) is 0 Å². The predicted molar refractivity (Wildman–Crippen MR) is 75.0 cm³/mol. The van der Waals surface area contributed by atoms with Crippen LogP contribution in [0.4, 0.5) is 0 Å². The fourth-order valence-electron chi connectivity index (χ4n) is 1.42. The predicted octanol–water partition coefficient (Wildman–Crippen LogP) is 3.17. The van der Waals surface area contributed by atoms with Crippen molar-refractivity contribution in [3.05, 3.63) is 29.8 Å². The first kappa shape index (κ1) is 15.1. The van der Waals surface area contributed by atoms with Crippen LogP contribution in [0.3, 0.4) is 0 Å². The standard InChI is InChI=1S/C16H20O3/c1-16(2,3)19-15(17)11-6-5-8-13-9-7-10-14(12-13)18-4/h7,9-10,12H,6,11H2,1-4H3. The summed E-state index contributed by atoms with van der Waals surface area (Å²) in [6.07, 6.45) is 0.806. The zero-order valence-corrected chi connectivity index (χ0v) is 11.9. The lowest BCUT2D eigenvalue weighted by atomic mass is 10.2. The Morgan fingerprint density at radius 1 is 1.32 bits per heavy atom. The van der Waals surface area contributed by atoms with Gasteiger partial charge < -0.3 is 9.47 Å². The maximum Gasteiger partial charge on any atom is 0.307 e. The fraction of sp³-hybridized carbons (Fsp3) is 0.438. The van der Waals surface area contributed by atoms with Gasteiger partial charge >= 0.3 is 5.97 Å². The van der Waals surface area contributed by atoms with Crippen molar-refractivity contribution < 1.29 is 14.3 Å². The summed E-state index contributed by atoms with van der Waals surface area (Å²) in [5.41, 5.74) is 0.445. The maximum atomic E-state index is 11.5. The van der Waals surface area contributed by atoms with Gasteiger partial charge in [-0.05, 0) is 39.0 Å². The fourth-order valence-corrected chi connectivity index (χ4v) is 1.42. The van der Waals surface area contributed by atoms with Crippen LogP contribution in [0.25, 0.3) is 0 Å². The summed E-state index contributed by atoms with van der Waals surface area (Å²) in [5.74, 6) is 6.52. The van der Waals surface area contributed by atoms with Gasteiger partial charge in [-0.1, -0.05) is 17.9 Å². The molecule has 0 saturated carbocycles. The third-order valence-electron chi connectivity index (χ3n) is 2.18. The number of hydrogen-bond donors (Lipinski definition) is 0. The van der Waals surface area contributed by atoms with E-state index in [0.29, 0.717) is 12.8 Å². The average molecular weight is 260 g/mol. The van der Waals surface area contributed by atoms with E-state index >= 15 is 0 Å². The Balaban J connectivity index is 2.45. The Labute approximate surface area is 114 Å². The zero-order valence-electron chi connectivity index (χ0n) is 11.9. The normalized spacial score (nSPS) is 10.3. The molecular weight excluding hydrogens is 240 g/mol. The Hall–Kier alpha value is -1.95. The first-order valence-electron chi connectivity index (χ1n) is 6.25. The SMILES string of the molecule is COc1cccc(C#CCCC(=O)OC(C)(C)C)c1. The van der Waals surface area contributed by atoms with Crippen molar-refractivity contribution in [2.24, 2.45) is 0 Å². The number of hydrogen-bond acceptors (Lipinski definition) is 3. The highest BCUT2D eigenvalue weighted by molar-refractivity contribution is 5.70. The first-order valence-corrected chi connectivity index (χ1v) is 6.25. The highest BCUT2D eigenvalue weighted by atomic mass is 16.6. The monoisotopic (exact) mass is 260 g/mol. The molecule has 0 saturated heterocycles. The molecule has 1 aromatic rings. The molecule has 0 atom stereocenters. The van der Waals surface area contributed by atoms with E-state index in [1.165, 1.54) is 0 Å². The number of esters is 1. The van der Waals surface area contributed by atoms with Crippen molar-refractivity contribution >= 4 is 5.97 Å².